The van der Waals surface area contributed by atoms with Crippen molar-refractivity contribution in [2.24, 2.45) is 5.92 Å². The number of ether oxygens (including phenoxy) is 1. The van der Waals surface area contributed by atoms with E-state index < -0.39 is 30.1 Å². The molecular weight excluding hydrogens is 380 g/mol. The lowest BCUT2D eigenvalue weighted by Gasteiger charge is -2.46. The summed E-state index contributed by atoms with van der Waals surface area (Å²) >= 11 is 0. The first-order valence-corrected chi connectivity index (χ1v) is 9.49. The van der Waals surface area contributed by atoms with Crippen LogP contribution in [0.25, 0.3) is 10.8 Å². The van der Waals surface area contributed by atoms with Crippen LogP contribution in [0.4, 0.5) is 10.5 Å². The molecule has 6 nitrogen and oxygen atoms in total. The van der Waals surface area contributed by atoms with E-state index in [2.05, 4.69) is 29.0 Å². The molecule has 1 heterocycles. The number of amides is 3. The second-order valence-electron chi connectivity index (χ2n) is 6.97. The van der Waals surface area contributed by atoms with Crippen molar-refractivity contribution in [3.05, 3.63) is 54.6 Å². The van der Waals surface area contributed by atoms with Gasteiger partial charge >= 0.3 is 12.0 Å². The molecule has 3 amide bonds. The number of likely N-dealkylation sites (tertiary alicyclic amines) is 1. The summed E-state index contributed by atoms with van der Waals surface area (Å²) < 4.78 is 5.33. The standard InChI is InChI=1S/C24H18N2O4/c1-16(27)30-21-12-6-4-2-3-5-11-20-22(21)26(23(20)28)24(29)25-19-14-13-17-9-7-8-10-18(17)15-19/h2,4,7-10,13-15,20-22H,11H2,1H3,(H,25,29)/b4-2-/t20-,21-,22+/m1/s1. The zero-order valence-corrected chi connectivity index (χ0v) is 16.2. The fourth-order valence-corrected chi connectivity index (χ4v) is 3.61. The normalized spacial score (nSPS) is 22.9. The van der Waals surface area contributed by atoms with Crippen LogP contribution in [0.5, 0.6) is 0 Å². The number of fused-ring (bicyclic) bond motifs is 2. The maximum absolute atomic E-state index is 12.9. The molecule has 0 radical (unpaired) electrons. The highest BCUT2D eigenvalue weighted by Gasteiger charge is 2.54. The van der Waals surface area contributed by atoms with Gasteiger partial charge in [0, 0.05) is 19.0 Å². The summed E-state index contributed by atoms with van der Waals surface area (Å²) in [5.41, 5.74) is 0.563. The van der Waals surface area contributed by atoms with Crippen LogP contribution in [0, 0.1) is 29.6 Å². The van der Waals surface area contributed by atoms with E-state index in [1.807, 2.05) is 36.4 Å². The van der Waals surface area contributed by atoms with E-state index in [1.54, 1.807) is 18.2 Å². The first-order valence-electron chi connectivity index (χ1n) is 9.49. The largest absolute Gasteiger partial charge is 0.447 e. The van der Waals surface area contributed by atoms with E-state index in [1.165, 1.54) is 6.92 Å². The third-order valence-electron chi connectivity index (χ3n) is 4.99. The van der Waals surface area contributed by atoms with E-state index in [-0.39, 0.29) is 12.3 Å². The Morgan fingerprint density at radius 1 is 1.10 bits per heavy atom. The van der Waals surface area contributed by atoms with Crippen molar-refractivity contribution in [1.82, 2.24) is 4.90 Å². The number of nitrogens with one attached hydrogen (secondary N) is 1. The molecule has 0 unspecified atom stereocenters. The molecule has 148 valence electrons. The lowest BCUT2D eigenvalue weighted by molar-refractivity contribution is -0.163. The van der Waals surface area contributed by atoms with Gasteiger partial charge < -0.3 is 10.1 Å². The van der Waals surface area contributed by atoms with Crippen molar-refractivity contribution in [2.45, 2.75) is 25.5 Å². The predicted molar refractivity (Wildman–Crippen MR) is 112 cm³/mol. The third-order valence-corrected chi connectivity index (χ3v) is 4.99. The summed E-state index contributed by atoms with van der Waals surface area (Å²) in [5, 5.41) is 4.77. The molecule has 30 heavy (non-hydrogen) atoms. The number of benzene rings is 2. The molecule has 0 bridgehead atoms. The van der Waals surface area contributed by atoms with Gasteiger partial charge in [-0.05, 0) is 35.1 Å². The average Bonchev–Trinajstić information content (AvgIpc) is 2.72. The van der Waals surface area contributed by atoms with Crippen LogP contribution in [0.15, 0.2) is 54.6 Å². The van der Waals surface area contributed by atoms with Gasteiger partial charge in [-0.2, -0.15) is 0 Å². The second kappa shape index (κ2) is 8.14. The Kier molecular flexibility index (Phi) is 5.24. The number of rotatable bonds is 2. The SMILES string of the molecule is CC(=O)O[C@@H]1C#C/C=C\C#CC[C@H]2C(=O)N(C(=O)Nc3ccc4ccccc4c3)[C@H]12. The van der Waals surface area contributed by atoms with Crippen molar-refractivity contribution in [1.29, 1.82) is 0 Å². The minimum absolute atomic E-state index is 0.257. The molecule has 6 heteroatoms. The number of hydrogen-bond donors (Lipinski definition) is 1. The Morgan fingerprint density at radius 3 is 2.67 bits per heavy atom. The van der Waals surface area contributed by atoms with Gasteiger partial charge in [-0.1, -0.05) is 54.0 Å². The van der Waals surface area contributed by atoms with E-state index in [9.17, 15) is 14.4 Å². The summed E-state index contributed by atoms with van der Waals surface area (Å²) in [6.07, 6.45) is 2.46. The smallest absolute Gasteiger partial charge is 0.328 e. The quantitative estimate of drug-likeness (QED) is 0.479. The van der Waals surface area contributed by atoms with E-state index in [0.717, 1.165) is 15.7 Å². The van der Waals surface area contributed by atoms with Crippen LogP contribution in [0.3, 0.4) is 0 Å². The molecule has 2 aromatic carbocycles. The Bertz CT molecular complexity index is 1190. The molecule has 1 saturated heterocycles. The lowest BCUT2D eigenvalue weighted by atomic mass is 9.81. The Hall–Kier alpha value is -4.03. The highest BCUT2D eigenvalue weighted by molar-refractivity contribution is 6.07. The van der Waals surface area contributed by atoms with Gasteiger partial charge in [0.05, 0.1) is 5.92 Å². The van der Waals surface area contributed by atoms with Crippen molar-refractivity contribution >= 4 is 34.4 Å². The monoisotopic (exact) mass is 398 g/mol. The van der Waals surface area contributed by atoms with E-state index in [0.29, 0.717) is 5.69 Å². The molecule has 2 aromatic rings. The zero-order valence-electron chi connectivity index (χ0n) is 16.2. The van der Waals surface area contributed by atoms with E-state index >= 15 is 0 Å². The minimum atomic E-state index is -0.919. The number of urea groups is 1. The van der Waals surface area contributed by atoms with Gasteiger partial charge in [-0.15, -0.1) is 0 Å². The highest BCUT2D eigenvalue weighted by Crippen LogP contribution is 2.34. The number of imide groups is 1. The van der Waals surface area contributed by atoms with Gasteiger partial charge in [-0.25, -0.2) is 4.79 Å². The summed E-state index contributed by atoms with van der Waals surface area (Å²) in [6, 6.07) is 12.0. The van der Waals surface area contributed by atoms with Gasteiger partial charge in [0.1, 0.15) is 6.04 Å². The van der Waals surface area contributed by atoms with Crippen LogP contribution in [0.1, 0.15) is 13.3 Å². The maximum atomic E-state index is 12.9. The number of esters is 1. The molecule has 1 aliphatic heterocycles. The zero-order chi connectivity index (χ0) is 21.1. The highest BCUT2D eigenvalue weighted by atomic mass is 16.5. The topological polar surface area (TPSA) is 75.7 Å². The van der Waals surface area contributed by atoms with Gasteiger partial charge in [0.25, 0.3) is 0 Å². The molecule has 1 N–H and O–H groups in total. The maximum Gasteiger partial charge on any atom is 0.328 e. The predicted octanol–water partition coefficient (Wildman–Crippen LogP) is 3.10. The van der Waals surface area contributed by atoms with Crippen molar-refractivity contribution in [3.63, 3.8) is 0 Å². The molecule has 0 aromatic heterocycles. The molecular formula is C24H18N2O4. The van der Waals surface area contributed by atoms with Crippen molar-refractivity contribution < 1.29 is 19.1 Å². The van der Waals surface area contributed by atoms with Crippen LogP contribution in [-0.4, -0.2) is 35.0 Å². The number of carbonyl (C=O) groups is 3. The molecule has 3 atom stereocenters. The fraction of sp³-hybridized carbons (Fsp3) is 0.208. The molecule has 2 aliphatic rings. The first kappa shape index (κ1) is 19.3. The summed E-state index contributed by atoms with van der Waals surface area (Å²) in [6.45, 7) is 1.27. The van der Waals surface area contributed by atoms with Gasteiger partial charge in [-0.3, -0.25) is 14.5 Å². The van der Waals surface area contributed by atoms with Crippen LogP contribution < -0.4 is 5.32 Å². The number of β-lactam (4-membered cyclic amide) rings is 1. The minimum Gasteiger partial charge on any atom is -0.447 e. The van der Waals surface area contributed by atoms with Crippen molar-refractivity contribution in [2.75, 3.05) is 5.32 Å². The molecule has 1 fully saturated rings. The van der Waals surface area contributed by atoms with E-state index in [4.69, 9.17) is 4.74 Å². The summed E-state index contributed by atoms with van der Waals surface area (Å²) in [4.78, 5) is 38.3. The van der Waals surface area contributed by atoms with Gasteiger partial charge in [0.2, 0.25) is 5.91 Å². The van der Waals surface area contributed by atoms with Crippen LogP contribution in [-0.2, 0) is 14.3 Å². The molecule has 1 aliphatic carbocycles. The first-order chi connectivity index (χ1) is 14.5. The number of anilines is 1. The number of nitrogens with zero attached hydrogens (tertiary/aromatic N) is 1. The average molecular weight is 398 g/mol. The Labute approximate surface area is 173 Å². The number of allylic oxidation sites excluding steroid dienone is 2. The number of carbonyl (C=O) groups excluding carboxylic acids is 3. The summed E-state index contributed by atoms with van der Waals surface area (Å²) in [5.74, 6) is 9.82. The summed E-state index contributed by atoms with van der Waals surface area (Å²) in [7, 11) is 0. The molecule has 0 spiro atoms. The fourth-order valence-electron chi connectivity index (χ4n) is 3.61. The molecule has 0 saturated carbocycles. The van der Waals surface area contributed by atoms with Crippen LogP contribution >= 0.6 is 0 Å². The molecule has 4 rings (SSSR count). The lowest BCUT2D eigenvalue weighted by Crippen LogP contribution is -2.68. The van der Waals surface area contributed by atoms with Gasteiger partial charge in [0.15, 0.2) is 6.10 Å². The Balaban J connectivity index is 1.60. The van der Waals surface area contributed by atoms with Crippen LogP contribution in [0.2, 0.25) is 0 Å². The van der Waals surface area contributed by atoms with Crippen molar-refractivity contribution in [3.8, 4) is 23.7 Å². The number of hydrogen-bond acceptors (Lipinski definition) is 4. The third kappa shape index (κ3) is 3.76. The second-order valence-corrected chi connectivity index (χ2v) is 6.97. The Morgan fingerprint density at radius 2 is 1.87 bits per heavy atom.